The summed E-state index contributed by atoms with van der Waals surface area (Å²) in [6.07, 6.45) is 0.0813. The number of nitro groups is 1. The first-order valence-electron chi connectivity index (χ1n) is 6.67. The third-order valence-corrected chi connectivity index (χ3v) is 3.21. The number of non-ortho nitro benzene ring substituents is 1. The number of fused-ring (bicyclic) bond motifs is 1. The minimum Gasteiger partial charge on any atom is -0.408 e. The average molecular weight is 313 g/mol. The van der Waals surface area contributed by atoms with Crippen molar-refractivity contribution in [1.82, 2.24) is 4.98 Å². The van der Waals surface area contributed by atoms with Crippen molar-refractivity contribution in [2.24, 2.45) is 0 Å². The summed E-state index contributed by atoms with van der Waals surface area (Å²) in [5.41, 5.74) is 2.04. The number of H-pyrrole nitrogens is 1. The summed E-state index contributed by atoms with van der Waals surface area (Å²) in [5.74, 6) is -0.835. The topological polar surface area (TPSA) is 118 Å². The lowest BCUT2D eigenvalue weighted by molar-refractivity contribution is -0.384. The maximum Gasteiger partial charge on any atom is 0.417 e. The number of hydrogen-bond acceptors (Lipinski definition) is 5. The minimum absolute atomic E-state index is 0.0245. The van der Waals surface area contributed by atoms with E-state index in [1.54, 1.807) is 18.2 Å². The Kier molecular flexibility index (Phi) is 3.63. The molecule has 0 bridgehead atoms. The number of aromatic nitrogens is 1. The SMILES string of the molecule is O=C(Cc1ccc([N+](=O)[O-])cc1)Nc1ccc2oc(=O)[nH]c2c1. The fourth-order valence-electron chi connectivity index (χ4n) is 2.16. The summed E-state index contributed by atoms with van der Waals surface area (Å²) >= 11 is 0. The number of hydrogen-bond donors (Lipinski definition) is 2. The quantitative estimate of drug-likeness (QED) is 0.565. The summed E-state index contributed by atoms with van der Waals surface area (Å²) in [6.45, 7) is 0. The summed E-state index contributed by atoms with van der Waals surface area (Å²) in [7, 11) is 0. The van der Waals surface area contributed by atoms with Crippen LogP contribution >= 0.6 is 0 Å². The van der Waals surface area contributed by atoms with Crippen LogP contribution in [0.2, 0.25) is 0 Å². The molecule has 0 fully saturated rings. The number of carbonyl (C=O) groups is 1. The maximum atomic E-state index is 12.0. The van der Waals surface area contributed by atoms with Crippen LogP contribution < -0.4 is 11.1 Å². The lowest BCUT2D eigenvalue weighted by atomic mass is 10.1. The molecule has 0 saturated carbocycles. The Balaban J connectivity index is 1.70. The highest BCUT2D eigenvalue weighted by Gasteiger charge is 2.09. The van der Waals surface area contributed by atoms with Gasteiger partial charge >= 0.3 is 5.76 Å². The van der Waals surface area contributed by atoms with E-state index in [-0.39, 0.29) is 18.0 Å². The lowest BCUT2D eigenvalue weighted by Gasteiger charge is -2.05. The molecule has 1 heterocycles. The second-order valence-electron chi connectivity index (χ2n) is 4.87. The van der Waals surface area contributed by atoms with Crippen molar-refractivity contribution >= 4 is 28.4 Å². The lowest BCUT2D eigenvalue weighted by Crippen LogP contribution is -2.14. The molecular formula is C15H11N3O5. The van der Waals surface area contributed by atoms with Gasteiger partial charge in [0.15, 0.2) is 5.58 Å². The maximum absolute atomic E-state index is 12.0. The van der Waals surface area contributed by atoms with E-state index in [0.717, 1.165) is 0 Å². The van der Waals surface area contributed by atoms with Crippen LogP contribution in [0.1, 0.15) is 5.56 Å². The van der Waals surface area contributed by atoms with Gasteiger partial charge in [-0.15, -0.1) is 0 Å². The number of amides is 1. The van der Waals surface area contributed by atoms with Gasteiger partial charge in [-0.1, -0.05) is 12.1 Å². The Labute approximate surface area is 128 Å². The van der Waals surface area contributed by atoms with Crippen LogP contribution in [0, 0.1) is 10.1 Å². The van der Waals surface area contributed by atoms with E-state index < -0.39 is 10.7 Å². The van der Waals surface area contributed by atoms with Crippen molar-refractivity contribution in [3.05, 3.63) is 68.7 Å². The second kappa shape index (κ2) is 5.76. The smallest absolute Gasteiger partial charge is 0.408 e. The third-order valence-electron chi connectivity index (χ3n) is 3.21. The fourth-order valence-corrected chi connectivity index (χ4v) is 2.16. The molecule has 23 heavy (non-hydrogen) atoms. The molecule has 0 unspecified atom stereocenters. The molecule has 3 rings (SSSR count). The van der Waals surface area contributed by atoms with Gasteiger partial charge in [0.2, 0.25) is 5.91 Å². The van der Waals surface area contributed by atoms with Crippen LogP contribution in [0.15, 0.2) is 51.7 Å². The molecule has 1 amide bonds. The van der Waals surface area contributed by atoms with Crippen molar-refractivity contribution in [2.75, 3.05) is 5.32 Å². The van der Waals surface area contributed by atoms with Crippen LogP contribution in [-0.2, 0) is 11.2 Å². The predicted octanol–water partition coefficient (Wildman–Crippen LogP) is 2.21. The number of oxazole rings is 1. The third kappa shape index (κ3) is 3.26. The molecule has 0 atom stereocenters. The number of nitro benzene ring substituents is 1. The average Bonchev–Trinajstić information content (AvgIpc) is 2.87. The molecule has 0 aliphatic rings. The second-order valence-corrected chi connectivity index (χ2v) is 4.87. The first-order valence-corrected chi connectivity index (χ1v) is 6.67. The van der Waals surface area contributed by atoms with Gasteiger partial charge in [-0.25, -0.2) is 4.79 Å². The van der Waals surface area contributed by atoms with E-state index in [0.29, 0.717) is 22.4 Å². The number of benzene rings is 2. The molecule has 1 aromatic heterocycles. The van der Waals surface area contributed by atoms with Crippen LogP contribution in [0.4, 0.5) is 11.4 Å². The summed E-state index contributed by atoms with van der Waals surface area (Å²) in [5, 5.41) is 13.3. The molecule has 2 N–H and O–H groups in total. The van der Waals surface area contributed by atoms with Crippen molar-refractivity contribution in [2.45, 2.75) is 6.42 Å². The Morgan fingerprint density at radius 2 is 1.96 bits per heavy atom. The van der Waals surface area contributed by atoms with E-state index in [4.69, 9.17) is 4.42 Å². The molecule has 8 heteroatoms. The van der Waals surface area contributed by atoms with Crippen molar-refractivity contribution in [3.63, 3.8) is 0 Å². The van der Waals surface area contributed by atoms with Gasteiger partial charge in [0.25, 0.3) is 5.69 Å². The van der Waals surface area contributed by atoms with Crippen LogP contribution in [0.3, 0.4) is 0 Å². The van der Waals surface area contributed by atoms with E-state index in [9.17, 15) is 19.7 Å². The molecule has 0 saturated heterocycles. The van der Waals surface area contributed by atoms with Gasteiger partial charge in [-0.3, -0.25) is 19.9 Å². The van der Waals surface area contributed by atoms with Crippen molar-refractivity contribution < 1.29 is 14.1 Å². The summed E-state index contributed by atoms with van der Waals surface area (Å²) < 4.78 is 4.88. The number of anilines is 1. The Bertz CT molecular complexity index is 940. The summed E-state index contributed by atoms with van der Waals surface area (Å²) in [6, 6.07) is 10.6. The van der Waals surface area contributed by atoms with Crippen LogP contribution in [0.5, 0.6) is 0 Å². The molecule has 2 aromatic carbocycles. The van der Waals surface area contributed by atoms with Crippen LogP contribution in [-0.4, -0.2) is 15.8 Å². The molecule has 0 aliphatic heterocycles. The number of nitrogens with one attached hydrogen (secondary N) is 2. The van der Waals surface area contributed by atoms with Crippen molar-refractivity contribution in [3.8, 4) is 0 Å². The summed E-state index contributed by atoms with van der Waals surface area (Å²) in [4.78, 5) is 35.7. The largest absolute Gasteiger partial charge is 0.417 e. The normalized spacial score (nSPS) is 10.6. The number of aromatic amines is 1. The Morgan fingerprint density at radius 3 is 2.65 bits per heavy atom. The first kappa shape index (κ1) is 14.5. The van der Waals surface area contributed by atoms with Gasteiger partial charge < -0.3 is 9.73 Å². The van der Waals surface area contributed by atoms with E-state index in [1.807, 2.05) is 0 Å². The fraction of sp³-hybridized carbons (Fsp3) is 0.0667. The Hall–Kier alpha value is -3.42. The monoisotopic (exact) mass is 313 g/mol. The van der Waals surface area contributed by atoms with Crippen LogP contribution in [0.25, 0.3) is 11.1 Å². The van der Waals surface area contributed by atoms with Gasteiger partial charge in [-0.2, -0.15) is 0 Å². The molecule has 116 valence electrons. The van der Waals surface area contributed by atoms with Gasteiger partial charge in [0.05, 0.1) is 16.9 Å². The zero-order chi connectivity index (χ0) is 16.4. The van der Waals surface area contributed by atoms with E-state index in [2.05, 4.69) is 10.3 Å². The molecular weight excluding hydrogens is 302 g/mol. The van der Waals surface area contributed by atoms with E-state index in [1.165, 1.54) is 24.3 Å². The highest BCUT2D eigenvalue weighted by Crippen LogP contribution is 2.17. The van der Waals surface area contributed by atoms with Gasteiger partial charge in [0.1, 0.15) is 0 Å². The molecule has 0 aliphatic carbocycles. The number of nitrogens with zero attached hydrogens (tertiary/aromatic N) is 1. The highest BCUT2D eigenvalue weighted by atomic mass is 16.6. The molecule has 0 spiro atoms. The molecule has 8 nitrogen and oxygen atoms in total. The van der Waals surface area contributed by atoms with Crippen molar-refractivity contribution in [1.29, 1.82) is 0 Å². The highest BCUT2D eigenvalue weighted by molar-refractivity contribution is 5.94. The Morgan fingerprint density at radius 1 is 1.22 bits per heavy atom. The van der Waals surface area contributed by atoms with Gasteiger partial charge in [0, 0.05) is 17.8 Å². The van der Waals surface area contributed by atoms with E-state index >= 15 is 0 Å². The molecule has 0 radical (unpaired) electrons. The minimum atomic E-state index is -0.561. The molecule has 3 aromatic rings. The number of carbonyl (C=O) groups excluding carboxylic acids is 1. The zero-order valence-corrected chi connectivity index (χ0v) is 11.7. The predicted molar refractivity (Wildman–Crippen MR) is 82.3 cm³/mol. The zero-order valence-electron chi connectivity index (χ0n) is 11.7. The first-order chi connectivity index (χ1) is 11.0. The standard InChI is InChI=1S/C15H11N3O5/c19-14(7-9-1-4-11(5-2-9)18(21)22)16-10-3-6-13-12(8-10)17-15(20)23-13/h1-6,8H,7H2,(H,16,19)(H,17,20). The number of rotatable bonds is 4. The van der Waals surface area contributed by atoms with Gasteiger partial charge in [-0.05, 0) is 23.8 Å².